The Bertz CT molecular complexity index is 776. The number of benzene rings is 1. The molecule has 0 saturated carbocycles. The summed E-state index contributed by atoms with van der Waals surface area (Å²) in [4.78, 5) is 41.0. The SMILES string of the molecule is CC(C)C(C(=O)N(C)Cc1ccco1)N1C(=O)c2ccccc2C1=O. The smallest absolute Gasteiger partial charge is 0.262 e. The van der Waals surface area contributed by atoms with Gasteiger partial charge in [-0.05, 0) is 30.2 Å². The molecule has 1 aliphatic rings. The Morgan fingerprint density at radius 1 is 1.08 bits per heavy atom. The molecule has 1 aromatic carbocycles. The summed E-state index contributed by atoms with van der Waals surface area (Å²) in [5, 5.41) is 0. The van der Waals surface area contributed by atoms with Crippen molar-refractivity contribution in [3.05, 3.63) is 59.5 Å². The average Bonchev–Trinajstić information content (AvgIpc) is 3.17. The van der Waals surface area contributed by atoms with Crippen molar-refractivity contribution in [1.29, 1.82) is 0 Å². The highest BCUT2D eigenvalue weighted by atomic mass is 16.3. The van der Waals surface area contributed by atoms with Gasteiger partial charge in [0.2, 0.25) is 5.91 Å². The Kier molecular flexibility index (Phi) is 4.44. The summed E-state index contributed by atoms with van der Waals surface area (Å²) in [7, 11) is 1.64. The molecule has 1 aliphatic heterocycles. The molecule has 0 aliphatic carbocycles. The molecule has 130 valence electrons. The molecule has 1 unspecified atom stereocenters. The van der Waals surface area contributed by atoms with Crippen molar-refractivity contribution in [1.82, 2.24) is 9.80 Å². The summed E-state index contributed by atoms with van der Waals surface area (Å²) in [5.74, 6) is -0.700. The van der Waals surface area contributed by atoms with Crippen LogP contribution in [0.5, 0.6) is 0 Å². The molecule has 3 rings (SSSR count). The minimum absolute atomic E-state index is 0.214. The molecular formula is C19H20N2O4. The number of amides is 3. The normalized spacial score (nSPS) is 14.8. The summed E-state index contributed by atoms with van der Waals surface area (Å²) in [6.45, 7) is 3.93. The van der Waals surface area contributed by atoms with Crippen LogP contribution in [0.25, 0.3) is 0 Å². The van der Waals surface area contributed by atoms with Crippen molar-refractivity contribution >= 4 is 17.7 Å². The second-order valence-corrected chi connectivity index (χ2v) is 6.49. The number of carbonyl (C=O) groups excluding carboxylic acids is 3. The zero-order valence-corrected chi connectivity index (χ0v) is 14.4. The van der Waals surface area contributed by atoms with Crippen LogP contribution in [-0.4, -0.2) is 40.6 Å². The Morgan fingerprint density at radius 2 is 1.68 bits per heavy atom. The zero-order valence-electron chi connectivity index (χ0n) is 14.4. The van der Waals surface area contributed by atoms with Gasteiger partial charge in [-0.25, -0.2) is 0 Å². The maximum atomic E-state index is 13.0. The third-order valence-electron chi connectivity index (χ3n) is 4.34. The van der Waals surface area contributed by atoms with Gasteiger partial charge in [0.05, 0.1) is 23.9 Å². The van der Waals surface area contributed by atoms with E-state index in [1.165, 1.54) is 11.2 Å². The summed E-state index contributed by atoms with van der Waals surface area (Å²) in [5.41, 5.74) is 0.694. The van der Waals surface area contributed by atoms with E-state index in [0.717, 1.165) is 4.90 Å². The first-order valence-electron chi connectivity index (χ1n) is 8.16. The van der Waals surface area contributed by atoms with Gasteiger partial charge >= 0.3 is 0 Å². The van der Waals surface area contributed by atoms with Gasteiger partial charge in [0.25, 0.3) is 11.8 Å². The topological polar surface area (TPSA) is 70.8 Å². The van der Waals surface area contributed by atoms with Gasteiger partial charge in [0.1, 0.15) is 11.8 Å². The molecule has 25 heavy (non-hydrogen) atoms. The number of rotatable bonds is 5. The summed E-state index contributed by atoms with van der Waals surface area (Å²) in [6, 6.07) is 9.32. The van der Waals surface area contributed by atoms with E-state index in [1.54, 1.807) is 43.4 Å². The van der Waals surface area contributed by atoms with Gasteiger partial charge in [0.15, 0.2) is 0 Å². The second-order valence-electron chi connectivity index (χ2n) is 6.49. The van der Waals surface area contributed by atoms with E-state index < -0.39 is 17.9 Å². The highest BCUT2D eigenvalue weighted by molar-refractivity contribution is 6.22. The molecule has 0 N–H and O–H groups in total. The van der Waals surface area contributed by atoms with Crippen molar-refractivity contribution in [3.8, 4) is 0 Å². The number of fused-ring (bicyclic) bond motifs is 1. The fourth-order valence-corrected chi connectivity index (χ4v) is 3.09. The van der Waals surface area contributed by atoms with Crippen LogP contribution in [0, 0.1) is 5.92 Å². The van der Waals surface area contributed by atoms with Crippen LogP contribution in [0.15, 0.2) is 47.1 Å². The van der Waals surface area contributed by atoms with E-state index in [4.69, 9.17) is 4.42 Å². The van der Waals surface area contributed by atoms with Crippen molar-refractivity contribution < 1.29 is 18.8 Å². The van der Waals surface area contributed by atoms with Gasteiger partial charge in [-0.3, -0.25) is 19.3 Å². The fraction of sp³-hybridized carbons (Fsp3) is 0.316. The highest BCUT2D eigenvalue weighted by Crippen LogP contribution is 2.28. The maximum absolute atomic E-state index is 13.0. The number of nitrogens with zero attached hydrogens (tertiary/aromatic N) is 2. The van der Waals surface area contributed by atoms with Crippen LogP contribution in [0.3, 0.4) is 0 Å². The first kappa shape index (κ1) is 17.0. The minimum atomic E-state index is -0.854. The molecule has 0 saturated heterocycles. The van der Waals surface area contributed by atoms with Crippen LogP contribution < -0.4 is 0 Å². The van der Waals surface area contributed by atoms with Crippen molar-refractivity contribution in [2.75, 3.05) is 7.05 Å². The van der Waals surface area contributed by atoms with E-state index in [0.29, 0.717) is 16.9 Å². The quantitative estimate of drug-likeness (QED) is 0.784. The van der Waals surface area contributed by atoms with Crippen LogP contribution in [0.4, 0.5) is 0 Å². The predicted octanol–water partition coefficient (Wildman–Crippen LogP) is 2.56. The van der Waals surface area contributed by atoms with Crippen molar-refractivity contribution in [2.24, 2.45) is 5.92 Å². The first-order valence-corrected chi connectivity index (χ1v) is 8.16. The van der Waals surface area contributed by atoms with Gasteiger partial charge in [-0.1, -0.05) is 26.0 Å². The summed E-state index contributed by atoms with van der Waals surface area (Å²) in [6.07, 6.45) is 1.54. The van der Waals surface area contributed by atoms with Crippen LogP contribution >= 0.6 is 0 Å². The van der Waals surface area contributed by atoms with Crippen molar-refractivity contribution in [3.63, 3.8) is 0 Å². The maximum Gasteiger partial charge on any atom is 0.262 e. The summed E-state index contributed by atoms with van der Waals surface area (Å²) >= 11 is 0. The lowest BCUT2D eigenvalue weighted by atomic mass is 10.0. The predicted molar refractivity (Wildman–Crippen MR) is 90.8 cm³/mol. The first-order chi connectivity index (χ1) is 11.9. The van der Waals surface area contributed by atoms with Crippen LogP contribution in [-0.2, 0) is 11.3 Å². The fourth-order valence-electron chi connectivity index (χ4n) is 3.09. The third kappa shape index (κ3) is 2.95. The molecule has 6 heteroatoms. The zero-order chi connectivity index (χ0) is 18.1. The number of hydrogen-bond donors (Lipinski definition) is 0. The third-order valence-corrected chi connectivity index (χ3v) is 4.34. The molecule has 0 radical (unpaired) electrons. The van der Waals surface area contributed by atoms with Gasteiger partial charge < -0.3 is 9.32 Å². The molecule has 0 spiro atoms. The molecule has 2 aromatic rings. The van der Waals surface area contributed by atoms with E-state index >= 15 is 0 Å². The largest absolute Gasteiger partial charge is 0.467 e. The van der Waals surface area contributed by atoms with Gasteiger partial charge in [-0.15, -0.1) is 0 Å². The summed E-state index contributed by atoms with van der Waals surface area (Å²) < 4.78 is 5.27. The number of hydrogen-bond acceptors (Lipinski definition) is 4. The lowest BCUT2D eigenvalue weighted by Gasteiger charge is -2.31. The van der Waals surface area contributed by atoms with E-state index in [1.807, 2.05) is 13.8 Å². The van der Waals surface area contributed by atoms with Crippen LogP contribution in [0.2, 0.25) is 0 Å². The number of likely N-dealkylation sites (N-methyl/N-ethyl adjacent to an activating group) is 1. The Labute approximate surface area is 146 Å². The number of carbonyl (C=O) groups is 3. The van der Waals surface area contributed by atoms with Gasteiger partial charge in [0, 0.05) is 7.05 Å². The molecule has 0 fully saturated rings. The molecule has 0 bridgehead atoms. The lowest BCUT2D eigenvalue weighted by molar-refractivity contribution is -0.136. The molecule has 2 heterocycles. The molecule has 1 atom stereocenters. The number of furan rings is 1. The van der Waals surface area contributed by atoms with E-state index in [-0.39, 0.29) is 18.4 Å². The molecule has 1 aromatic heterocycles. The highest BCUT2D eigenvalue weighted by Gasteiger charge is 2.44. The molecule has 3 amide bonds. The number of imide groups is 1. The van der Waals surface area contributed by atoms with E-state index in [9.17, 15) is 14.4 Å². The molecule has 6 nitrogen and oxygen atoms in total. The van der Waals surface area contributed by atoms with Crippen LogP contribution in [0.1, 0.15) is 40.3 Å². The second kappa shape index (κ2) is 6.55. The Morgan fingerprint density at radius 3 is 2.16 bits per heavy atom. The van der Waals surface area contributed by atoms with Crippen molar-refractivity contribution in [2.45, 2.75) is 26.4 Å². The Balaban J connectivity index is 1.88. The van der Waals surface area contributed by atoms with E-state index in [2.05, 4.69) is 0 Å². The average molecular weight is 340 g/mol. The minimum Gasteiger partial charge on any atom is -0.467 e. The Hall–Kier alpha value is -2.89. The lowest BCUT2D eigenvalue weighted by Crippen LogP contribution is -2.52. The van der Waals surface area contributed by atoms with Gasteiger partial charge in [-0.2, -0.15) is 0 Å². The standard InChI is InChI=1S/C19H20N2O4/c1-12(2)16(19(24)20(3)11-13-7-6-10-25-13)21-17(22)14-8-4-5-9-15(14)18(21)23/h4-10,12,16H,11H2,1-3H3. The molecular weight excluding hydrogens is 320 g/mol. The monoisotopic (exact) mass is 340 g/mol.